The molecular weight excluding hydrogens is 294 g/mol. The zero-order valence-corrected chi connectivity index (χ0v) is 10.9. The van der Waals surface area contributed by atoms with Gasteiger partial charge in [-0.25, -0.2) is 0 Å². The molecule has 5 heteroatoms. The minimum atomic E-state index is -0.0152. The molecule has 15 heavy (non-hydrogen) atoms. The highest BCUT2D eigenvalue weighted by Gasteiger charge is 2.05. The number of rotatable bonds is 3. The van der Waals surface area contributed by atoms with Gasteiger partial charge in [0.05, 0.1) is 3.79 Å². The van der Waals surface area contributed by atoms with Gasteiger partial charge in [0.1, 0.15) is 0 Å². The van der Waals surface area contributed by atoms with Crippen LogP contribution in [-0.4, -0.2) is 5.91 Å². The zero-order valence-electron chi connectivity index (χ0n) is 7.70. The summed E-state index contributed by atoms with van der Waals surface area (Å²) < 4.78 is 1.09. The highest BCUT2D eigenvalue weighted by molar-refractivity contribution is 9.11. The summed E-state index contributed by atoms with van der Waals surface area (Å²) in [6.07, 6.45) is 0. The number of hydrogen-bond donors (Lipinski definition) is 1. The Morgan fingerprint density at radius 2 is 2.33 bits per heavy atom. The average Bonchev–Trinajstić information content (AvgIpc) is 2.84. The lowest BCUT2D eigenvalue weighted by molar-refractivity contribution is 0.0951. The minimum Gasteiger partial charge on any atom is -0.348 e. The van der Waals surface area contributed by atoms with Crippen LogP contribution in [0, 0.1) is 0 Å². The van der Waals surface area contributed by atoms with E-state index in [1.165, 1.54) is 11.3 Å². The number of nitrogens with one attached hydrogen (secondary N) is 1. The fraction of sp³-hybridized carbons (Fsp3) is 0.100. The molecular formula is C10H8BrNOS2. The van der Waals surface area contributed by atoms with Crippen molar-refractivity contribution in [3.8, 4) is 0 Å². The van der Waals surface area contributed by atoms with Crippen molar-refractivity contribution in [2.24, 2.45) is 0 Å². The first-order chi connectivity index (χ1) is 7.25. The number of thiophene rings is 2. The van der Waals surface area contributed by atoms with E-state index in [2.05, 4.69) is 21.2 Å². The Morgan fingerprint density at radius 3 is 2.93 bits per heavy atom. The number of hydrogen-bond acceptors (Lipinski definition) is 3. The molecule has 2 aromatic heterocycles. The van der Waals surface area contributed by atoms with Crippen LogP contribution in [0.1, 0.15) is 15.9 Å². The molecule has 0 aliphatic heterocycles. The van der Waals surface area contributed by atoms with Crippen LogP contribution in [0.15, 0.2) is 32.1 Å². The Hall–Kier alpha value is -0.650. The topological polar surface area (TPSA) is 29.1 Å². The Balaban J connectivity index is 1.91. The molecule has 2 nitrogen and oxygen atoms in total. The van der Waals surface area contributed by atoms with Crippen molar-refractivity contribution in [1.82, 2.24) is 5.32 Å². The predicted octanol–water partition coefficient (Wildman–Crippen LogP) is 3.50. The van der Waals surface area contributed by atoms with E-state index in [9.17, 15) is 4.79 Å². The second-order valence-corrected chi connectivity index (χ2v) is 6.02. The van der Waals surface area contributed by atoms with E-state index in [0.717, 1.165) is 14.9 Å². The van der Waals surface area contributed by atoms with Gasteiger partial charge in [-0.2, -0.15) is 11.3 Å². The SMILES string of the molecule is O=C(NCc1csc(Br)c1)c1ccsc1. The average molecular weight is 302 g/mol. The maximum absolute atomic E-state index is 11.6. The lowest BCUT2D eigenvalue weighted by Crippen LogP contribution is -2.21. The smallest absolute Gasteiger partial charge is 0.252 e. The number of halogens is 1. The Kier molecular flexibility index (Phi) is 3.56. The Labute approximate surface area is 104 Å². The third kappa shape index (κ3) is 2.90. The van der Waals surface area contributed by atoms with Crippen molar-refractivity contribution in [3.63, 3.8) is 0 Å². The van der Waals surface area contributed by atoms with Crippen molar-refractivity contribution >= 4 is 44.5 Å². The molecule has 2 heterocycles. The summed E-state index contributed by atoms with van der Waals surface area (Å²) in [6.45, 7) is 0.580. The molecule has 78 valence electrons. The first-order valence-electron chi connectivity index (χ1n) is 4.29. The standard InChI is InChI=1S/C10H8BrNOS2/c11-9-3-7(5-15-9)4-12-10(13)8-1-2-14-6-8/h1-3,5-6H,4H2,(H,12,13). The second-order valence-electron chi connectivity index (χ2n) is 2.95. The molecule has 2 aromatic rings. The van der Waals surface area contributed by atoms with Gasteiger partial charge in [0, 0.05) is 17.5 Å². The summed E-state index contributed by atoms with van der Waals surface area (Å²) in [5, 5.41) is 8.64. The Morgan fingerprint density at radius 1 is 1.47 bits per heavy atom. The number of carbonyl (C=O) groups excluding carboxylic acids is 1. The van der Waals surface area contributed by atoms with Gasteiger partial charge in [0.2, 0.25) is 0 Å². The predicted molar refractivity (Wildman–Crippen MR) is 67.5 cm³/mol. The molecule has 0 bridgehead atoms. The van der Waals surface area contributed by atoms with Gasteiger partial charge < -0.3 is 5.32 Å². The van der Waals surface area contributed by atoms with E-state index in [4.69, 9.17) is 0 Å². The quantitative estimate of drug-likeness (QED) is 0.923. The maximum atomic E-state index is 11.6. The summed E-state index contributed by atoms with van der Waals surface area (Å²) in [4.78, 5) is 11.6. The molecule has 1 amide bonds. The molecule has 0 unspecified atom stereocenters. The van der Waals surface area contributed by atoms with E-state index in [0.29, 0.717) is 6.54 Å². The van der Waals surface area contributed by atoms with Crippen LogP contribution in [0.4, 0.5) is 0 Å². The van der Waals surface area contributed by atoms with Gasteiger partial charge in [-0.1, -0.05) is 0 Å². The highest BCUT2D eigenvalue weighted by Crippen LogP contribution is 2.20. The van der Waals surface area contributed by atoms with Crippen LogP contribution in [0.2, 0.25) is 0 Å². The molecule has 0 saturated heterocycles. The van der Waals surface area contributed by atoms with Crippen molar-refractivity contribution < 1.29 is 4.79 Å². The normalized spacial score (nSPS) is 10.2. The van der Waals surface area contributed by atoms with Gasteiger partial charge in [0.25, 0.3) is 5.91 Å². The van der Waals surface area contributed by atoms with E-state index < -0.39 is 0 Å². The summed E-state index contributed by atoms with van der Waals surface area (Å²) in [5.74, 6) is -0.0152. The third-order valence-corrected chi connectivity index (χ3v) is 4.09. The lowest BCUT2D eigenvalue weighted by Gasteiger charge is -2.00. The van der Waals surface area contributed by atoms with Crippen molar-refractivity contribution in [2.45, 2.75) is 6.54 Å². The van der Waals surface area contributed by atoms with Crippen molar-refractivity contribution in [1.29, 1.82) is 0 Å². The largest absolute Gasteiger partial charge is 0.348 e. The van der Waals surface area contributed by atoms with E-state index in [-0.39, 0.29) is 5.91 Å². The second kappa shape index (κ2) is 4.92. The van der Waals surface area contributed by atoms with Gasteiger partial charge in [-0.05, 0) is 44.4 Å². The lowest BCUT2D eigenvalue weighted by atomic mass is 10.3. The monoisotopic (exact) mass is 301 g/mol. The summed E-state index contributed by atoms with van der Waals surface area (Å²) in [6, 6.07) is 3.84. The molecule has 0 aliphatic carbocycles. The van der Waals surface area contributed by atoms with Crippen molar-refractivity contribution in [3.05, 3.63) is 43.2 Å². The minimum absolute atomic E-state index is 0.0152. The van der Waals surface area contributed by atoms with Crippen LogP contribution >= 0.6 is 38.6 Å². The molecule has 0 aromatic carbocycles. The maximum Gasteiger partial charge on any atom is 0.252 e. The molecule has 0 atom stereocenters. The van der Waals surface area contributed by atoms with Crippen LogP contribution in [0.5, 0.6) is 0 Å². The highest BCUT2D eigenvalue weighted by atomic mass is 79.9. The van der Waals surface area contributed by atoms with E-state index in [1.807, 2.05) is 28.3 Å². The fourth-order valence-electron chi connectivity index (χ4n) is 1.12. The zero-order chi connectivity index (χ0) is 10.7. The molecule has 2 rings (SSSR count). The van der Waals surface area contributed by atoms with Gasteiger partial charge >= 0.3 is 0 Å². The number of amides is 1. The van der Waals surface area contributed by atoms with Gasteiger partial charge in [0.15, 0.2) is 0 Å². The molecule has 0 spiro atoms. The van der Waals surface area contributed by atoms with E-state index in [1.54, 1.807) is 11.3 Å². The van der Waals surface area contributed by atoms with Gasteiger partial charge in [-0.15, -0.1) is 11.3 Å². The molecule has 0 fully saturated rings. The summed E-state index contributed by atoms with van der Waals surface area (Å²) >= 11 is 6.53. The summed E-state index contributed by atoms with van der Waals surface area (Å²) in [7, 11) is 0. The van der Waals surface area contributed by atoms with Crippen molar-refractivity contribution in [2.75, 3.05) is 0 Å². The van der Waals surface area contributed by atoms with Crippen LogP contribution < -0.4 is 5.32 Å². The molecule has 0 saturated carbocycles. The first kappa shape index (κ1) is 10.9. The molecule has 0 aliphatic rings. The molecule has 0 radical (unpaired) electrons. The number of carbonyl (C=O) groups is 1. The van der Waals surface area contributed by atoms with Crippen LogP contribution in [0.3, 0.4) is 0 Å². The Bertz CT molecular complexity index is 450. The first-order valence-corrected chi connectivity index (χ1v) is 6.90. The van der Waals surface area contributed by atoms with E-state index >= 15 is 0 Å². The van der Waals surface area contributed by atoms with Crippen LogP contribution in [0.25, 0.3) is 0 Å². The molecule has 1 N–H and O–H groups in total. The summed E-state index contributed by atoms with van der Waals surface area (Å²) in [5.41, 5.74) is 1.85. The van der Waals surface area contributed by atoms with Gasteiger partial charge in [-0.3, -0.25) is 4.79 Å². The fourth-order valence-corrected chi connectivity index (χ4v) is 2.96. The third-order valence-electron chi connectivity index (χ3n) is 1.86. The van der Waals surface area contributed by atoms with Crippen LogP contribution in [-0.2, 0) is 6.54 Å².